The molecule has 3 heterocycles. The summed E-state index contributed by atoms with van der Waals surface area (Å²) in [5, 5.41) is 0. The van der Waals surface area contributed by atoms with Crippen molar-refractivity contribution in [2.45, 2.75) is 12.2 Å². The van der Waals surface area contributed by atoms with Crippen molar-refractivity contribution in [3.05, 3.63) is 40.9 Å². The predicted molar refractivity (Wildman–Crippen MR) is 71.4 cm³/mol. The molecule has 0 radical (unpaired) electrons. The van der Waals surface area contributed by atoms with Crippen LogP contribution in [0.2, 0.25) is 0 Å². The fourth-order valence-electron chi connectivity index (χ4n) is 3.15. The van der Waals surface area contributed by atoms with Crippen molar-refractivity contribution >= 4 is 33.4 Å². The molecule has 0 N–H and O–H groups in total. The molecular weight excluding hydrogens is 310 g/mol. The van der Waals surface area contributed by atoms with Gasteiger partial charge in [0.25, 0.3) is 0 Å². The maximum absolute atomic E-state index is 12.5. The Labute approximate surface area is 118 Å². The fourth-order valence-corrected chi connectivity index (χ4v) is 3.41. The lowest BCUT2D eigenvalue weighted by atomic mass is 9.85. The number of amides is 2. The van der Waals surface area contributed by atoms with E-state index in [2.05, 4.69) is 15.9 Å². The number of carbonyl (C=O) groups is 2. The van der Waals surface area contributed by atoms with Gasteiger partial charge in [-0.05, 0) is 24.3 Å². The summed E-state index contributed by atoms with van der Waals surface area (Å²) >= 11 is 3.34. The van der Waals surface area contributed by atoms with Gasteiger partial charge in [0.2, 0.25) is 11.8 Å². The zero-order valence-electron chi connectivity index (χ0n) is 9.82. The van der Waals surface area contributed by atoms with Crippen LogP contribution in [-0.2, 0) is 14.3 Å². The van der Waals surface area contributed by atoms with Crippen molar-refractivity contribution < 1.29 is 14.3 Å². The molecule has 1 aromatic carbocycles. The first-order valence-corrected chi connectivity index (χ1v) is 6.93. The number of hydrogen-bond donors (Lipinski definition) is 0. The molecule has 96 valence electrons. The Kier molecular flexibility index (Phi) is 2.26. The monoisotopic (exact) mass is 319 g/mol. The smallest absolute Gasteiger partial charge is 0.240 e. The van der Waals surface area contributed by atoms with Crippen LogP contribution in [0.5, 0.6) is 0 Å². The third-order valence-corrected chi connectivity index (χ3v) is 4.52. The van der Waals surface area contributed by atoms with Gasteiger partial charge >= 0.3 is 0 Å². The van der Waals surface area contributed by atoms with E-state index in [0.717, 1.165) is 4.47 Å². The Hall–Kier alpha value is -1.46. The molecule has 5 heteroatoms. The Morgan fingerprint density at radius 2 is 1.47 bits per heavy atom. The van der Waals surface area contributed by atoms with Crippen LogP contribution < -0.4 is 4.90 Å². The number of fused-ring (bicyclic) bond motifs is 5. The number of hydrogen-bond acceptors (Lipinski definition) is 3. The van der Waals surface area contributed by atoms with Crippen LogP contribution in [0.25, 0.3) is 0 Å². The van der Waals surface area contributed by atoms with Crippen LogP contribution in [0.4, 0.5) is 5.69 Å². The first kappa shape index (κ1) is 11.4. The van der Waals surface area contributed by atoms with Gasteiger partial charge in [-0.3, -0.25) is 9.59 Å². The number of anilines is 1. The van der Waals surface area contributed by atoms with Gasteiger partial charge in [0.1, 0.15) is 0 Å². The molecule has 3 aliphatic heterocycles. The number of imide groups is 1. The second-order valence-electron chi connectivity index (χ2n) is 4.99. The van der Waals surface area contributed by atoms with E-state index in [-0.39, 0.29) is 35.9 Å². The Morgan fingerprint density at radius 1 is 0.947 bits per heavy atom. The molecule has 2 bridgehead atoms. The first-order valence-electron chi connectivity index (χ1n) is 6.14. The van der Waals surface area contributed by atoms with Crippen LogP contribution in [0.15, 0.2) is 40.9 Å². The molecule has 0 aromatic heterocycles. The van der Waals surface area contributed by atoms with Crippen LogP contribution in [0.1, 0.15) is 0 Å². The van der Waals surface area contributed by atoms with Gasteiger partial charge in [0.15, 0.2) is 0 Å². The van der Waals surface area contributed by atoms with Crippen molar-refractivity contribution in [2.75, 3.05) is 4.90 Å². The Bertz CT molecular complexity index is 580. The van der Waals surface area contributed by atoms with Gasteiger partial charge in [-0.25, -0.2) is 4.90 Å². The minimum absolute atomic E-state index is 0.144. The maximum Gasteiger partial charge on any atom is 0.240 e. The first-order chi connectivity index (χ1) is 9.16. The van der Waals surface area contributed by atoms with E-state index in [0.29, 0.717) is 5.69 Å². The van der Waals surface area contributed by atoms with E-state index in [1.807, 2.05) is 24.3 Å². The average Bonchev–Trinajstić information content (AvgIpc) is 3.06. The number of rotatable bonds is 1. The highest BCUT2D eigenvalue weighted by molar-refractivity contribution is 9.10. The van der Waals surface area contributed by atoms with E-state index >= 15 is 0 Å². The molecule has 19 heavy (non-hydrogen) atoms. The van der Waals surface area contributed by atoms with Crippen LogP contribution in [-0.4, -0.2) is 24.0 Å². The van der Waals surface area contributed by atoms with E-state index in [1.165, 1.54) is 4.90 Å². The van der Waals surface area contributed by atoms with Gasteiger partial charge < -0.3 is 4.74 Å². The molecule has 1 aromatic rings. The summed E-state index contributed by atoms with van der Waals surface area (Å²) in [4.78, 5) is 26.2. The molecule has 0 unspecified atom stereocenters. The molecule has 0 spiro atoms. The summed E-state index contributed by atoms with van der Waals surface area (Å²) in [6.45, 7) is 0. The van der Waals surface area contributed by atoms with Crippen molar-refractivity contribution in [3.8, 4) is 0 Å². The second-order valence-corrected chi connectivity index (χ2v) is 5.91. The van der Waals surface area contributed by atoms with Crippen LogP contribution in [0.3, 0.4) is 0 Å². The summed E-state index contributed by atoms with van der Waals surface area (Å²) in [7, 11) is 0. The van der Waals surface area contributed by atoms with E-state index in [1.54, 1.807) is 12.1 Å². The summed E-state index contributed by atoms with van der Waals surface area (Å²) < 4.78 is 6.51. The van der Waals surface area contributed by atoms with E-state index in [4.69, 9.17) is 4.74 Å². The highest BCUT2D eigenvalue weighted by Gasteiger charge is 2.60. The van der Waals surface area contributed by atoms with Crippen LogP contribution in [0, 0.1) is 11.8 Å². The lowest BCUT2D eigenvalue weighted by molar-refractivity contribution is -0.124. The number of ether oxygens (including phenoxy) is 1. The molecule has 4 nitrogen and oxygen atoms in total. The average molecular weight is 320 g/mol. The van der Waals surface area contributed by atoms with Crippen molar-refractivity contribution in [1.29, 1.82) is 0 Å². The summed E-state index contributed by atoms with van der Waals surface area (Å²) in [6, 6.07) is 7.20. The molecule has 2 amide bonds. The Balaban J connectivity index is 1.74. The minimum Gasteiger partial charge on any atom is -0.365 e. The second kappa shape index (κ2) is 3.77. The van der Waals surface area contributed by atoms with Gasteiger partial charge in [-0.1, -0.05) is 28.1 Å². The Morgan fingerprint density at radius 3 is 2.00 bits per heavy atom. The number of nitrogens with zero attached hydrogens (tertiary/aromatic N) is 1. The van der Waals surface area contributed by atoms with Crippen LogP contribution >= 0.6 is 15.9 Å². The molecule has 2 saturated heterocycles. The minimum atomic E-state index is -0.342. The summed E-state index contributed by atoms with van der Waals surface area (Å²) in [5.41, 5.74) is 0.631. The van der Waals surface area contributed by atoms with Crippen molar-refractivity contribution in [3.63, 3.8) is 0 Å². The lowest BCUT2D eigenvalue weighted by Gasteiger charge is -2.17. The molecule has 0 aliphatic carbocycles. The summed E-state index contributed by atoms with van der Waals surface area (Å²) in [5.74, 6) is -0.972. The molecular formula is C14H10BrNO3. The number of carbonyl (C=O) groups excluding carboxylic acids is 2. The third kappa shape index (κ3) is 1.42. The molecule has 2 fully saturated rings. The van der Waals surface area contributed by atoms with E-state index < -0.39 is 0 Å². The highest BCUT2D eigenvalue weighted by atomic mass is 79.9. The third-order valence-electron chi connectivity index (χ3n) is 4.00. The zero-order chi connectivity index (χ0) is 13.1. The normalized spacial score (nSPS) is 35.3. The highest BCUT2D eigenvalue weighted by Crippen LogP contribution is 2.46. The topological polar surface area (TPSA) is 46.6 Å². The maximum atomic E-state index is 12.5. The summed E-state index contributed by atoms with van der Waals surface area (Å²) in [6.07, 6.45) is 3.32. The number of benzene rings is 1. The van der Waals surface area contributed by atoms with E-state index in [9.17, 15) is 9.59 Å². The molecule has 4 atom stereocenters. The number of halogens is 1. The van der Waals surface area contributed by atoms with Gasteiger partial charge in [0, 0.05) is 4.47 Å². The molecule has 4 rings (SSSR count). The SMILES string of the molecule is O=C1[C@@H]2[C@H](C(=O)N1c1ccc(Br)cc1)[C@H]1C=C[C@@H]2O1. The lowest BCUT2D eigenvalue weighted by Crippen LogP contribution is -2.34. The largest absolute Gasteiger partial charge is 0.365 e. The van der Waals surface area contributed by atoms with Gasteiger partial charge in [-0.15, -0.1) is 0 Å². The van der Waals surface area contributed by atoms with Crippen molar-refractivity contribution in [2.24, 2.45) is 11.8 Å². The molecule has 0 saturated carbocycles. The van der Waals surface area contributed by atoms with Crippen molar-refractivity contribution in [1.82, 2.24) is 0 Å². The zero-order valence-corrected chi connectivity index (χ0v) is 11.4. The fraction of sp³-hybridized carbons (Fsp3) is 0.286. The van der Waals surface area contributed by atoms with Gasteiger partial charge in [0.05, 0.1) is 29.7 Å². The quantitative estimate of drug-likeness (QED) is 0.586. The van der Waals surface area contributed by atoms with Gasteiger partial charge in [-0.2, -0.15) is 0 Å². The predicted octanol–water partition coefficient (Wildman–Crippen LogP) is 1.89. The molecule has 3 aliphatic rings. The standard InChI is InChI=1S/C14H10BrNO3/c15-7-1-3-8(4-2-7)16-13(17)11-9-5-6-10(19-9)12(11)14(16)18/h1-6,9-12H/t9-,10+,11-,12+.